The molecule has 2 aromatic rings. The third-order valence-corrected chi connectivity index (χ3v) is 5.69. The number of aromatic nitrogens is 1. The first-order valence-corrected chi connectivity index (χ1v) is 10.9. The molecule has 172 valence electrons. The van der Waals surface area contributed by atoms with Gasteiger partial charge in [0.05, 0.1) is 25.4 Å². The third-order valence-electron chi connectivity index (χ3n) is 5.69. The molecule has 1 aliphatic heterocycles. The van der Waals surface area contributed by atoms with Crippen LogP contribution in [-0.2, 0) is 6.42 Å². The molecule has 7 nitrogen and oxygen atoms in total. The Labute approximate surface area is 203 Å². The fraction of sp³-hybridized carbons (Fsp3) is 0.565. The number of rotatable bonds is 9. The second kappa shape index (κ2) is 12.9. The van der Waals surface area contributed by atoms with E-state index in [-0.39, 0.29) is 30.0 Å². The molecule has 0 radical (unpaired) electrons. The standard InChI is InChI=1S/C23H35N5O2.HI/c1-5-24-23(25-13-12-19-17(2)27-30-18(19)3)26-16-21(28-14-8-9-15-28)20-10-6-7-11-22(20)29-4;/h6-7,10-11,21H,5,8-9,12-16H2,1-4H3,(H2,24,25,26);1H. The lowest BCUT2D eigenvalue weighted by Crippen LogP contribution is -2.39. The molecule has 0 bridgehead atoms. The molecule has 0 amide bonds. The van der Waals surface area contributed by atoms with Crippen molar-refractivity contribution in [1.82, 2.24) is 20.7 Å². The van der Waals surface area contributed by atoms with Crippen LogP contribution >= 0.6 is 24.0 Å². The van der Waals surface area contributed by atoms with E-state index < -0.39 is 0 Å². The topological polar surface area (TPSA) is 74.9 Å². The van der Waals surface area contributed by atoms with Crippen LogP contribution in [0.4, 0.5) is 0 Å². The van der Waals surface area contributed by atoms with Gasteiger partial charge in [-0.3, -0.25) is 9.89 Å². The number of guanidine groups is 1. The van der Waals surface area contributed by atoms with Crippen molar-refractivity contribution in [2.45, 2.75) is 46.1 Å². The Kier molecular flexibility index (Phi) is 10.6. The van der Waals surface area contributed by atoms with Crippen LogP contribution in [0, 0.1) is 13.8 Å². The highest BCUT2D eigenvalue weighted by molar-refractivity contribution is 14.0. The Morgan fingerprint density at radius 3 is 2.61 bits per heavy atom. The van der Waals surface area contributed by atoms with Gasteiger partial charge in [-0.1, -0.05) is 23.4 Å². The second-order valence-electron chi connectivity index (χ2n) is 7.70. The summed E-state index contributed by atoms with van der Waals surface area (Å²) < 4.78 is 10.9. The zero-order valence-corrected chi connectivity index (χ0v) is 21.4. The summed E-state index contributed by atoms with van der Waals surface area (Å²) in [6.45, 7) is 10.5. The Bertz CT molecular complexity index is 814. The molecule has 1 atom stereocenters. The molecule has 31 heavy (non-hydrogen) atoms. The van der Waals surface area contributed by atoms with Crippen molar-refractivity contribution in [2.24, 2.45) is 4.99 Å². The number of benzene rings is 1. The Morgan fingerprint density at radius 1 is 1.23 bits per heavy atom. The molecular weight excluding hydrogens is 505 g/mol. The molecule has 1 fully saturated rings. The molecule has 1 aromatic carbocycles. The monoisotopic (exact) mass is 541 g/mol. The van der Waals surface area contributed by atoms with Crippen LogP contribution in [0.5, 0.6) is 5.75 Å². The molecule has 0 aliphatic carbocycles. The molecule has 0 spiro atoms. The SMILES string of the molecule is CCNC(=NCC(c1ccccc1OC)N1CCCC1)NCCc1c(C)noc1C.I. The lowest BCUT2D eigenvalue weighted by Gasteiger charge is -2.28. The first kappa shape index (κ1) is 25.5. The lowest BCUT2D eigenvalue weighted by atomic mass is 10.0. The van der Waals surface area contributed by atoms with E-state index in [4.69, 9.17) is 14.3 Å². The number of aryl methyl sites for hydroxylation is 2. The van der Waals surface area contributed by atoms with Crippen LogP contribution in [0.25, 0.3) is 0 Å². The number of para-hydroxylation sites is 1. The fourth-order valence-corrected chi connectivity index (χ4v) is 4.09. The smallest absolute Gasteiger partial charge is 0.191 e. The van der Waals surface area contributed by atoms with Gasteiger partial charge in [-0.05, 0) is 59.2 Å². The van der Waals surface area contributed by atoms with Crippen molar-refractivity contribution in [3.05, 3.63) is 46.8 Å². The summed E-state index contributed by atoms with van der Waals surface area (Å²) in [7, 11) is 1.74. The van der Waals surface area contributed by atoms with E-state index in [1.807, 2.05) is 26.0 Å². The number of nitrogens with one attached hydrogen (secondary N) is 2. The van der Waals surface area contributed by atoms with E-state index in [2.05, 4.69) is 39.7 Å². The third kappa shape index (κ3) is 6.83. The van der Waals surface area contributed by atoms with E-state index >= 15 is 0 Å². The van der Waals surface area contributed by atoms with Crippen LogP contribution in [-0.4, -0.2) is 55.8 Å². The van der Waals surface area contributed by atoms with Gasteiger partial charge in [0.15, 0.2) is 5.96 Å². The molecule has 2 heterocycles. The number of likely N-dealkylation sites (tertiary alicyclic amines) is 1. The number of ether oxygens (including phenoxy) is 1. The first-order chi connectivity index (χ1) is 14.6. The van der Waals surface area contributed by atoms with Gasteiger partial charge in [-0.2, -0.15) is 0 Å². The molecule has 1 saturated heterocycles. The molecule has 1 unspecified atom stereocenters. The number of aliphatic imine (C=N–C) groups is 1. The largest absolute Gasteiger partial charge is 0.496 e. The maximum atomic E-state index is 5.65. The van der Waals surface area contributed by atoms with Gasteiger partial charge in [0.1, 0.15) is 11.5 Å². The van der Waals surface area contributed by atoms with E-state index in [0.717, 1.165) is 55.8 Å². The normalized spacial score (nSPS) is 15.4. The lowest BCUT2D eigenvalue weighted by molar-refractivity contribution is 0.245. The molecular formula is C23H36IN5O2. The van der Waals surface area contributed by atoms with Gasteiger partial charge in [-0.15, -0.1) is 24.0 Å². The van der Waals surface area contributed by atoms with Crippen molar-refractivity contribution < 1.29 is 9.26 Å². The Hall–Kier alpha value is -1.81. The molecule has 1 aliphatic rings. The number of hydrogen-bond acceptors (Lipinski definition) is 5. The van der Waals surface area contributed by atoms with Gasteiger partial charge < -0.3 is 19.9 Å². The van der Waals surface area contributed by atoms with E-state index in [9.17, 15) is 0 Å². The predicted octanol–water partition coefficient (Wildman–Crippen LogP) is 3.85. The molecule has 0 saturated carbocycles. The highest BCUT2D eigenvalue weighted by Crippen LogP contribution is 2.31. The number of halogens is 1. The maximum absolute atomic E-state index is 5.65. The minimum absolute atomic E-state index is 0. The van der Waals surface area contributed by atoms with E-state index in [1.165, 1.54) is 24.0 Å². The predicted molar refractivity (Wildman–Crippen MR) is 136 cm³/mol. The van der Waals surface area contributed by atoms with Crippen LogP contribution in [0.3, 0.4) is 0 Å². The summed E-state index contributed by atoms with van der Waals surface area (Å²) in [4.78, 5) is 7.45. The molecule has 2 N–H and O–H groups in total. The van der Waals surface area contributed by atoms with Crippen molar-refractivity contribution in [2.75, 3.05) is 39.8 Å². The van der Waals surface area contributed by atoms with Gasteiger partial charge in [0, 0.05) is 24.2 Å². The summed E-state index contributed by atoms with van der Waals surface area (Å²) in [6.07, 6.45) is 3.34. The first-order valence-electron chi connectivity index (χ1n) is 10.9. The summed E-state index contributed by atoms with van der Waals surface area (Å²) in [6, 6.07) is 8.51. The maximum Gasteiger partial charge on any atom is 0.191 e. The minimum Gasteiger partial charge on any atom is -0.496 e. The fourth-order valence-electron chi connectivity index (χ4n) is 4.09. The average molecular weight is 541 g/mol. The quantitative estimate of drug-likeness (QED) is 0.286. The van der Waals surface area contributed by atoms with Crippen molar-refractivity contribution in [3.63, 3.8) is 0 Å². The van der Waals surface area contributed by atoms with Crippen LogP contribution in [0.1, 0.15) is 48.4 Å². The molecule has 8 heteroatoms. The highest BCUT2D eigenvalue weighted by Gasteiger charge is 2.25. The second-order valence-corrected chi connectivity index (χ2v) is 7.70. The van der Waals surface area contributed by atoms with Gasteiger partial charge in [0.25, 0.3) is 0 Å². The number of methoxy groups -OCH3 is 1. The summed E-state index contributed by atoms with van der Waals surface area (Å²) >= 11 is 0. The summed E-state index contributed by atoms with van der Waals surface area (Å²) in [5.74, 6) is 2.66. The molecule has 3 rings (SSSR count). The zero-order valence-electron chi connectivity index (χ0n) is 19.1. The number of nitrogens with zero attached hydrogens (tertiary/aromatic N) is 3. The zero-order chi connectivity index (χ0) is 21.3. The average Bonchev–Trinajstić information content (AvgIpc) is 3.40. The van der Waals surface area contributed by atoms with Gasteiger partial charge >= 0.3 is 0 Å². The van der Waals surface area contributed by atoms with Crippen molar-refractivity contribution in [3.8, 4) is 5.75 Å². The van der Waals surface area contributed by atoms with Crippen LogP contribution in [0.15, 0.2) is 33.8 Å². The molecule has 1 aromatic heterocycles. The van der Waals surface area contributed by atoms with Crippen molar-refractivity contribution in [1.29, 1.82) is 0 Å². The summed E-state index contributed by atoms with van der Waals surface area (Å²) in [5, 5.41) is 10.9. The minimum atomic E-state index is 0. The van der Waals surface area contributed by atoms with E-state index in [0.29, 0.717) is 6.54 Å². The van der Waals surface area contributed by atoms with Crippen molar-refractivity contribution >= 4 is 29.9 Å². The highest BCUT2D eigenvalue weighted by atomic mass is 127. The number of hydrogen-bond donors (Lipinski definition) is 2. The van der Waals surface area contributed by atoms with Crippen LogP contribution < -0.4 is 15.4 Å². The summed E-state index contributed by atoms with van der Waals surface area (Å²) in [5.41, 5.74) is 3.33. The Balaban J connectivity index is 0.00000341. The van der Waals surface area contributed by atoms with Gasteiger partial charge in [-0.25, -0.2) is 0 Å². The Morgan fingerprint density at radius 2 is 1.97 bits per heavy atom. The van der Waals surface area contributed by atoms with Gasteiger partial charge in [0.2, 0.25) is 0 Å². The van der Waals surface area contributed by atoms with E-state index in [1.54, 1.807) is 7.11 Å². The van der Waals surface area contributed by atoms with Crippen LogP contribution in [0.2, 0.25) is 0 Å².